The topological polar surface area (TPSA) is 21.3 Å². The third-order valence-corrected chi connectivity index (χ3v) is 3.52. The zero-order valence-corrected chi connectivity index (χ0v) is 13.8. The summed E-state index contributed by atoms with van der Waals surface area (Å²) in [5.74, 6) is 1.42. The average molecular weight is 355 g/mol. The van der Waals surface area contributed by atoms with Gasteiger partial charge in [0, 0.05) is 17.1 Å². The Labute approximate surface area is 133 Å². The molecule has 0 heterocycles. The number of nitrogens with one attached hydrogen (secondary N) is 1. The second-order valence-electron chi connectivity index (χ2n) is 4.86. The van der Waals surface area contributed by atoms with E-state index in [-0.39, 0.29) is 0 Å². The van der Waals surface area contributed by atoms with Crippen LogP contribution in [-0.4, -0.2) is 6.04 Å². The Morgan fingerprint density at radius 1 is 1.20 bits per heavy atom. The lowest BCUT2D eigenvalue weighted by molar-refractivity contribution is 0.482. The number of ether oxygens (including phenoxy) is 1. The largest absolute Gasteiger partial charge is 0.456 e. The molecule has 106 valence electrons. The number of benzene rings is 2. The smallest absolute Gasteiger partial charge is 0.146 e. The van der Waals surface area contributed by atoms with Crippen molar-refractivity contribution >= 4 is 27.5 Å². The molecule has 4 heteroatoms. The van der Waals surface area contributed by atoms with Crippen LogP contribution in [0.15, 0.2) is 46.9 Å². The highest BCUT2D eigenvalue weighted by Gasteiger charge is 2.05. The highest BCUT2D eigenvalue weighted by Crippen LogP contribution is 2.31. The molecule has 0 aliphatic carbocycles. The van der Waals surface area contributed by atoms with Crippen LogP contribution in [0.4, 0.5) is 0 Å². The number of rotatable bonds is 5. The Morgan fingerprint density at radius 2 is 2.00 bits per heavy atom. The first-order chi connectivity index (χ1) is 9.54. The van der Waals surface area contributed by atoms with Crippen LogP contribution < -0.4 is 10.1 Å². The molecule has 0 spiro atoms. The van der Waals surface area contributed by atoms with Gasteiger partial charge in [-0.05, 0) is 35.9 Å². The Kier molecular flexibility index (Phi) is 5.46. The van der Waals surface area contributed by atoms with Gasteiger partial charge < -0.3 is 10.1 Å². The van der Waals surface area contributed by atoms with E-state index in [0.29, 0.717) is 16.8 Å². The maximum atomic E-state index is 6.27. The predicted octanol–water partition coefficient (Wildman–Crippen LogP) is 5.39. The van der Waals surface area contributed by atoms with Gasteiger partial charge in [0.05, 0.1) is 5.02 Å². The fraction of sp³-hybridized carbons (Fsp3) is 0.250. The second-order valence-corrected chi connectivity index (χ2v) is 6.18. The molecule has 1 N–H and O–H groups in total. The summed E-state index contributed by atoms with van der Waals surface area (Å²) in [4.78, 5) is 0. The lowest BCUT2D eigenvalue weighted by Gasteiger charge is -2.11. The van der Waals surface area contributed by atoms with Gasteiger partial charge in [0.15, 0.2) is 0 Å². The molecule has 0 unspecified atom stereocenters. The molecule has 0 saturated heterocycles. The van der Waals surface area contributed by atoms with Gasteiger partial charge in [-0.2, -0.15) is 0 Å². The van der Waals surface area contributed by atoms with Gasteiger partial charge in [0.2, 0.25) is 0 Å². The van der Waals surface area contributed by atoms with Gasteiger partial charge >= 0.3 is 0 Å². The fourth-order valence-electron chi connectivity index (χ4n) is 1.72. The lowest BCUT2D eigenvalue weighted by Crippen LogP contribution is -2.21. The highest BCUT2D eigenvalue weighted by atomic mass is 79.9. The van der Waals surface area contributed by atoms with Crippen molar-refractivity contribution in [1.82, 2.24) is 5.32 Å². The molecular weight excluding hydrogens is 338 g/mol. The maximum Gasteiger partial charge on any atom is 0.146 e. The summed E-state index contributed by atoms with van der Waals surface area (Å²) in [7, 11) is 0. The van der Waals surface area contributed by atoms with Crippen molar-refractivity contribution in [2.24, 2.45) is 0 Å². The summed E-state index contributed by atoms with van der Waals surface area (Å²) in [6.07, 6.45) is 0. The molecule has 0 atom stereocenters. The highest BCUT2D eigenvalue weighted by molar-refractivity contribution is 9.10. The van der Waals surface area contributed by atoms with Crippen LogP contribution in [0.5, 0.6) is 11.5 Å². The molecule has 0 saturated carbocycles. The summed E-state index contributed by atoms with van der Waals surface area (Å²) in [6, 6.07) is 14.0. The molecule has 0 aromatic heterocycles. The van der Waals surface area contributed by atoms with Gasteiger partial charge in [-0.25, -0.2) is 0 Å². The standard InChI is InChI=1S/C16H17BrClNO/c1-11(2)19-10-12-6-7-16(15(18)8-12)20-14-5-3-4-13(17)9-14/h3-9,11,19H,10H2,1-2H3. The Hall–Kier alpha value is -1.03. The maximum absolute atomic E-state index is 6.27. The number of hydrogen-bond acceptors (Lipinski definition) is 2. The van der Waals surface area contributed by atoms with Crippen LogP contribution in [0.1, 0.15) is 19.4 Å². The fourth-order valence-corrected chi connectivity index (χ4v) is 2.34. The molecule has 0 amide bonds. The van der Waals surface area contributed by atoms with Crippen LogP contribution in [0.2, 0.25) is 5.02 Å². The zero-order valence-electron chi connectivity index (χ0n) is 11.5. The van der Waals surface area contributed by atoms with Crippen LogP contribution in [0, 0.1) is 0 Å². The first kappa shape index (κ1) is 15.4. The number of hydrogen-bond donors (Lipinski definition) is 1. The van der Waals surface area contributed by atoms with E-state index in [0.717, 1.165) is 22.3 Å². The molecule has 0 aliphatic heterocycles. The molecule has 20 heavy (non-hydrogen) atoms. The molecule has 2 rings (SSSR count). The van der Waals surface area contributed by atoms with Crippen molar-refractivity contribution in [3.63, 3.8) is 0 Å². The zero-order chi connectivity index (χ0) is 14.5. The van der Waals surface area contributed by atoms with Gasteiger partial charge in [-0.1, -0.05) is 53.5 Å². The average Bonchev–Trinajstić information content (AvgIpc) is 2.39. The third-order valence-electron chi connectivity index (χ3n) is 2.73. The van der Waals surface area contributed by atoms with Gasteiger partial charge in [0.25, 0.3) is 0 Å². The molecule has 0 aliphatic rings. The molecule has 0 fully saturated rings. The van der Waals surface area contributed by atoms with E-state index in [4.69, 9.17) is 16.3 Å². The van der Waals surface area contributed by atoms with Crippen molar-refractivity contribution in [2.45, 2.75) is 26.4 Å². The lowest BCUT2D eigenvalue weighted by atomic mass is 10.2. The van der Waals surface area contributed by atoms with Crippen LogP contribution >= 0.6 is 27.5 Å². The van der Waals surface area contributed by atoms with Gasteiger partial charge in [-0.3, -0.25) is 0 Å². The van der Waals surface area contributed by atoms with E-state index in [1.165, 1.54) is 0 Å². The monoisotopic (exact) mass is 353 g/mol. The minimum atomic E-state index is 0.450. The predicted molar refractivity (Wildman–Crippen MR) is 87.6 cm³/mol. The van der Waals surface area contributed by atoms with Crippen molar-refractivity contribution in [3.05, 3.63) is 57.5 Å². The van der Waals surface area contributed by atoms with E-state index in [2.05, 4.69) is 35.1 Å². The Balaban J connectivity index is 2.09. The van der Waals surface area contributed by atoms with E-state index in [1.807, 2.05) is 42.5 Å². The normalized spacial score (nSPS) is 10.8. The van der Waals surface area contributed by atoms with Gasteiger partial charge in [0.1, 0.15) is 11.5 Å². The quantitative estimate of drug-likeness (QED) is 0.777. The summed E-state index contributed by atoms with van der Waals surface area (Å²) in [5, 5.41) is 3.98. The molecule has 0 radical (unpaired) electrons. The minimum Gasteiger partial charge on any atom is -0.456 e. The SMILES string of the molecule is CC(C)NCc1ccc(Oc2cccc(Br)c2)c(Cl)c1. The Bertz CT molecular complexity index is 586. The summed E-state index contributed by atoms with van der Waals surface area (Å²) >= 11 is 9.69. The van der Waals surface area contributed by atoms with Crippen molar-refractivity contribution in [1.29, 1.82) is 0 Å². The summed E-state index contributed by atoms with van der Waals surface area (Å²) in [5.41, 5.74) is 1.14. The third kappa shape index (κ3) is 4.51. The summed E-state index contributed by atoms with van der Waals surface area (Å²) < 4.78 is 6.76. The molecule has 2 nitrogen and oxygen atoms in total. The van der Waals surface area contributed by atoms with E-state index in [9.17, 15) is 0 Å². The molecule has 2 aromatic rings. The van der Waals surface area contributed by atoms with E-state index < -0.39 is 0 Å². The van der Waals surface area contributed by atoms with E-state index in [1.54, 1.807) is 0 Å². The first-order valence-electron chi connectivity index (χ1n) is 6.50. The summed E-state index contributed by atoms with van der Waals surface area (Å²) in [6.45, 7) is 5.03. The van der Waals surface area contributed by atoms with E-state index >= 15 is 0 Å². The van der Waals surface area contributed by atoms with Crippen molar-refractivity contribution < 1.29 is 4.74 Å². The van der Waals surface area contributed by atoms with Gasteiger partial charge in [-0.15, -0.1) is 0 Å². The number of halogens is 2. The van der Waals surface area contributed by atoms with Crippen molar-refractivity contribution in [3.8, 4) is 11.5 Å². The first-order valence-corrected chi connectivity index (χ1v) is 7.67. The van der Waals surface area contributed by atoms with Crippen LogP contribution in [0.25, 0.3) is 0 Å². The van der Waals surface area contributed by atoms with Crippen LogP contribution in [0.3, 0.4) is 0 Å². The molecular formula is C16H17BrClNO. The Morgan fingerprint density at radius 3 is 2.65 bits per heavy atom. The second kappa shape index (κ2) is 7.11. The molecule has 2 aromatic carbocycles. The molecule has 0 bridgehead atoms. The minimum absolute atomic E-state index is 0.450. The van der Waals surface area contributed by atoms with Crippen molar-refractivity contribution in [2.75, 3.05) is 0 Å². The van der Waals surface area contributed by atoms with Crippen LogP contribution in [-0.2, 0) is 6.54 Å².